The van der Waals surface area contributed by atoms with Gasteiger partial charge >= 0.3 is 0 Å². The van der Waals surface area contributed by atoms with Gasteiger partial charge in [0.2, 0.25) is 0 Å². The van der Waals surface area contributed by atoms with Gasteiger partial charge in [0.1, 0.15) is 11.2 Å². The minimum Gasteiger partial charge on any atom is -0.456 e. The summed E-state index contributed by atoms with van der Waals surface area (Å²) in [4.78, 5) is 0. The lowest BCUT2D eigenvalue weighted by Crippen LogP contribution is -1.91. The van der Waals surface area contributed by atoms with Gasteiger partial charge in [-0.3, -0.25) is 0 Å². The van der Waals surface area contributed by atoms with E-state index in [9.17, 15) is 0 Å². The zero-order valence-corrected chi connectivity index (χ0v) is 23.4. The highest BCUT2D eigenvalue weighted by Crippen LogP contribution is 2.46. The van der Waals surface area contributed by atoms with E-state index in [-0.39, 0.29) is 0 Å². The number of fused-ring (bicyclic) bond motifs is 6. The molecule has 0 atom stereocenters. The second kappa shape index (κ2) is 9.44. The van der Waals surface area contributed by atoms with Crippen molar-refractivity contribution in [2.24, 2.45) is 0 Å². The Morgan fingerprint density at radius 3 is 1.65 bits per heavy atom. The van der Waals surface area contributed by atoms with Gasteiger partial charge in [0.05, 0.1) is 0 Å². The van der Waals surface area contributed by atoms with Crippen molar-refractivity contribution in [3.63, 3.8) is 0 Å². The summed E-state index contributed by atoms with van der Waals surface area (Å²) >= 11 is 0. The third kappa shape index (κ3) is 3.72. The van der Waals surface area contributed by atoms with Crippen molar-refractivity contribution in [1.29, 1.82) is 0 Å². The molecule has 0 spiro atoms. The Balaban J connectivity index is 1.32. The molecule has 0 saturated carbocycles. The average Bonchev–Trinajstić information content (AvgIpc) is 3.44. The van der Waals surface area contributed by atoms with Gasteiger partial charge in [0.25, 0.3) is 0 Å². The van der Waals surface area contributed by atoms with Gasteiger partial charge in [0, 0.05) is 10.8 Å². The lowest BCUT2D eigenvalue weighted by Gasteiger charge is -2.18. The maximum absolute atomic E-state index is 6.40. The predicted octanol–water partition coefficient (Wildman–Crippen LogP) is 12.0. The van der Waals surface area contributed by atoms with Crippen LogP contribution in [0.5, 0.6) is 0 Å². The molecule has 9 rings (SSSR count). The Morgan fingerprint density at radius 1 is 0.302 bits per heavy atom. The van der Waals surface area contributed by atoms with E-state index in [1.54, 1.807) is 0 Å². The third-order valence-corrected chi connectivity index (χ3v) is 8.86. The standard InChI is InChI=1S/C42H26O/c1-2-11-27(12-3-1)29-21-23-32-38-25-30(22-24-39(38)43-40(32)26-29)41-34-16-6-8-18-36(34)42(37-19-9-7-17-35(37)41)33-20-10-14-28-13-4-5-15-31(28)33/h1-26H. The van der Waals surface area contributed by atoms with Crippen molar-refractivity contribution in [1.82, 2.24) is 0 Å². The fourth-order valence-corrected chi connectivity index (χ4v) is 6.92. The molecule has 0 bridgehead atoms. The van der Waals surface area contributed by atoms with Crippen molar-refractivity contribution >= 4 is 54.3 Å². The lowest BCUT2D eigenvalue weighted by atomic mass is 9.84. The minimum atomic E-state index is 0.907. The van der Waals surface area contributed by atoms with Gasteiger partial charge in [-0.25, -0.2) is 0 Å². The van der Waals surface area contributed by atoms with Crippen LogP contribution in [0.3, 0.4) is 0 Å². The summed E-state index contributed by atoms with van der Waals surface area (Å²) in [6.07, 6.45) is 0. The first kappa shape index (κ1) is 24.0. The van der Waals surface area contributed by atoms with E-state index in [1.165, 1.54) is 60.1 Å². The molecular weight excluding hydrogens is 520 g/mol. The summed E-state index contributed by atoms with van der Waals surface area (Å²) in [5.74, 6) is 0. The summed E-state index contributed by atoms with van der Waals surface area (Å²) in [7, 11) is 0. The van der Waals surface area contributed by atoms with E-state index in [1.807, 2.05) is 6.07 Å². The van der Waals surface area contributed by atoms with Crippen LogP contribution in [0.4, 0.5) is 0 Å². The smallest absolute Gasteiger partial charge is 0.136 e. The molecule has 0 saturated heterocycles. The average molecular weight is 547 g/mol. The topological polar surface area (TPSA) is 13.1 Å². The van der Waals surface area contributed by atoms with Crippen LogP contribution in [0.1, 0.15) is 0 Å². The summed E-state index contributed by atoms with van der Waals surface area (Å²) in [6.45, 7) is 0. The Labute approximate surface area is 249 Å². The predicted molar refractivity (Wildman–Crippen MR) is 183 cm³/mol. The Hall–Kier alpha value is -5.66. The molecule has 43 heavy (non-hydrogen) atoms. The van der Waals surface area contributed by atoms with Gasteiger partial charge < -0.3 is 4.42 Å². The quantitative estimate of drug-likeness (QED) is 0.201. The van der Waals surface area contributed by atoms with Crippen LogP contribution >= 0.6 is 0 Å². The molecule has 0 amide bonds. The SMILES string of the molecule is c1ccc(-c2ccc3c(c2)oc2ccc(-c4c5ccccc5c(-c5cccc6ccccc56)c5ccccc45)cc23)cc1. The number of rotatable bonds is 3. The summed E-state index contributed by atoms with van der Waals surface area (Å²) in [6, 6.07) is 56.8. The molecule has 1 nitrogen and oxygen atoms in total. The third-order valence-electron chi connectivity index (χ3n) is 8.86. The van der Waals surface area contributed by atoms with Crippen molar-refractivity contribution in [3.8, 4) is 33.4 Å². The van der Waals surface area contributed by atoms with E-state index < -0.39 is 0 Å². The molecule has 0 aliphatic carbocycles. The lowest BCUT2D eigenvalue weighted by molar-refractivity contribution is 0.669. The Bertz CT molecular complexity index is 2440. The van der Waals surface area contributed by atoms with Gasteiger partial charge in [-0.1, -0.05) is 133 Å². The van der Waals surface area contributed by atoms with Crippen LogP contribution in [0.15, 0.2) is 162 Å². The summed E-state index contributed by atoms with van der Waals surface area (Å²) < 4.78 is 6.40. The van der Waals surface area contributed by atoms with E-state index >= 15 is 0 Å². The zero-order chi connectivity index (χ0) is 28.3. The first-order valence-corrected chi connectivity index (χ1v) is 14.8. The molecule has 1 heteroatoms. The van der Waals surface area contributed by atoms with Crippen molar-refractivity contribution in [2.45, 2.75) is 0 Å². The number of benzene rings is 8. The van der Waals surface area contributed by atoms with Gasteiger partial charge in [0.15, 0.2) is 0 Å². The zero-order valence-electron chi connectivity index (χ0n) is 23.4. The molecule has 0 aliphatic rings. The molecular formula is C42H26O. The fraction of sp³-hybridized carbons (Fsp3) is 0. The molecule has 1 heterocycles. The van der Waals surface area contributed by atoms with Gasteiger partial charge in [-0.15, -0.1) is 0 Å². The number of hydrogen-bond donors (Lipinski definition) is 0. The minimum absolute atomic E-state index is 0.907. The normalized spacial score (nSPS) is 11.7. The monoisotopic (exact) mass is 546 g/mol. The van der Waals surface area contributed by atoms with Crippen molar-refractivity contribution < 1.29 is 4.42 Å². The molecule has 200 valence electrons. The molecule has 0 radical (unpaired) electrons. The van der Waals surface area contributed by atoms with Gasteiger partial charge in [-0.05, 0) is 90.0 Å². The summed E-state index contributed by atoms with van der Waals surface area (Å²) in [5.41, 5.74) is 9.17. The molecule has 0 fully saturated rings. The van der Waals surface area contributed by atoms with E-state index in [0.717, 1.165) is 27.5 Å². The van der Waals surface area contributed by atoms with E-state index in [0.29, 0.717) is 0 Å². The van der Waals surface area contributed by atoms with Crippen molar-refractivity contribution in [3.05, 3.63) is 158 Å². The van der Waals surface area contributed by atoms with Gasteiger partial charge in [-0.2, -0.15) is 0 Å². The van der Waals surface area contributed by atoms with Crippen LogP contribution in [-0.4, -0.2) is 0 Å². The molecule has 8 aromatic carbocycles. The maximum atomic E-state index is 6.40. The first-order chi connectivity index (χ1) is 21.3. The Kier molecular flexibility index (Phi) is 5.27. The molecule has 0 N–H and O–H groups in total. The highest BCUT2D eigenvalue weighted by atomic mass is 16.3. The second-order valence-electron chi connectivity index (χ2n) is 11.3. The largest absolute Gasteiger partial charge is 0.456 e. The molecule has 9 aromatic rings. The van der Waals surface area contributed by atoms with Crippen LogP contribution in [0, 0.1) is 0 Å². The van der Waals surface area contributed by atoms with Crippen LogP contribution < -0.4 is 0 Å². The van der Waals surface area contributed by atoms with Crippen LogP contribution in [-0.2, 0) is 0 Å². The molecule has 0 aliphatic heterocycles. The fourth-order valence-electron chi connectivity index (χ4n) is 6.92. The van der Waals surface area contributed by atoms with Crippen molar-refractivity contribution in [2.75, 3.05) is 0 Å². The van der Waals surface area contributed by atoms with Crippen LogP contribution in [0.2, 0.25) is 0 Å². The number of furan rings is 1. The van der Waals surface area contributed by atoms with E-state index in [2.05, 4.69) is 152 Å². The highest BCUT2D eigenvalue weighted by Gasteiger charge is 2.19. The van der Waals surface area contributed by atoms with Crippen LogP contribution in [0.25, 0.3) is 87.6 Å². The Morgan fingerprint density at radius 2 is 0.907 bits per heavy atom. The summed E-state index contributed by atoms with van der Waals surface area (Å²) in [5, 5.41) is 9.83. The highest BCUT2D eigenvalue weighted by molar-refractivity contribution is 6.24. The molecule has 1 aromatic heterocycles. The second-order valence-corrected chi connectivity index (χ2v) is 11.3. The van der Waals surface area contributed by atoms with E-state index in [4.69, 9.17) is 4.42 Å². The maximum Gasteiger partial charge on any atom is 0.136 e. The number of hydrogen-bond acceptors (Lipinski definition) is 1. The first-order valence-electron chi connectivity index (χ1n) is 14.8. The molecule has 0 unspecified atom stereocenters.